The van der Waals surface area contributed by atoms with Gasteiger partial charge in [0.1, 0.15) is 19.8 Å². The highest BCUT2D eigenvalue weighted by atomic mass is 31.2. The summed E-state index contributed by atoms with van der Waals surface area (Å²) in [6.45, 7) is 4.21. The first-order valence-corrected chi connectivity index (χ1v) is 30.7. The number of unbranched alkanes of at least 4 members (excludes halogenated alkanes) is 34. The Balaban J connectivity index is 4.00. The molecule has 0 aromatic carbocycles. The van der Waals surface area contributed by atoms with Crippen LogP contribution in [0.3, 0.4) is 0 Å². The molecule has 0 rings (SSSR count). The van der Waals surface area contributed by atoms with Crippen LogP contribution < -0.4 is 4.89 Å². The van der Waals surface area contributed by atoms with Gasteiger partial charge >= 0.3 is 11.9 Å². The summed E-state index contributed by atoms with van der Waals surface area (Å²) in [5.41, 5.74) is 0. The van der Waals surface area contributed by atoms with E-state index in [1.165, 1.54) is 180 Å². The van der Waals surface area contributed by atoms with Crippen molar-refractivity contribution in [3.8, 4) is 0 Å². The van der Waals surface area contributed by atoms with Crippen LogP contribution in [-0.2, 0) is 32.7 Å². The molecule has 0 aromatic rings. The number of nitrogens with zero attached hydrogens (tertiary/aromatic N) is 1. The second-order valence-corrected chi connectivity index (χ2v) is 22.4. The minimum atomic E-state index is -4.63. The molecule has 0 aromatic heterocycles. The molecular weight excluding hydrogens is 882 g/mol. The van der Waals surface area contributed by atoms with E-state index < -0.39 is 26.5 Å². The lowest BCUT2D eigenvalue weighted by Crippen LogP contribution is -2.37. The maximum Gasteiger partial charge on any atom is 0.306 e. The zero-order valence-corrected chi connectivity index (χ0v) is 46.9. The Morgan fingerprint density at radius 2 is 0.797 bits per heavy atom. The van der Waals surface area contributed by atoms with E-state index in [4.69, 9.17) is 18.5 Å². The van der Waals surface area contributed by atoms with Crippen LogP contribution in [0.15, 0.2) is 36.5 Å². The molecule has 10 heteroatoms. The summed E-state index contributed by atoms with van der Waals surface area (Å²) in [4.78, 5) is 37.8. The van der Waals surface area contributed by atoms with Crippen LogP contribution in [0.4, 0.5) is 0 Å². The smallest absolute Gasteiger partial charge is 0.306 e. The van der Waals surface area contributed by atoms with Gasteiger partial charge in [0.05, 0.1) is 27.7 Å². The van der Waals surface area contributed by atoms with Gasteiger partial charge in [-0.05, 0) is 64.2 Å². The average Bonchev–Trinajstić information content (AvgIpc) is 3.31. The predicted octanol–water partition coefficient (Wildman–Crippen LogP) is 17.4. The van der Waals surface area contributed by atoms with E-state index in [1.54, 1.807) is 0 Å². The van der Waals surface area contributed by atoms with Gasteiger partial charge in [-0.1, -0.05) is 237 Å². The van der Waals surface area contributed by atoms with Crippen molar-refractivity contribution in [3.63, 3.8) is 0 Å². The molecule has 0 aliphatic rings. The van der Waals surface area contributed by atoms with E-state index in [0.717, 1.165) is 64.2 Å². The van der Waals surface area contributed by atoms with Gasteiger partial charge in [-0.15, -0.1) is 0 Å². The van der Waals surface area contributed by atoms with Crippen molar-refractivity contribution in [1.82, 2.24) is 0 Å². The number of ether oxygens (including phenoxy) is 2. The Morgan fingerprint density at radius 3 is 1.20 bits per heavy atom. The molecule has 0 spiro atoms. The number of phosphoric acid groups is 1. The number of allylic oxidation sites excluding steroid dienone is 6. The molecule has 0 aliphatic heterocycles. The number of carbonyl (C=O) groups excluding carboxylic acids is 2. The van der Waals surface area contributed by atoms with E-state index in [2.05, 4.69) is 50.3 Å². The van der Waals surface area contributed by atoms with Gasteiger partial charge in [0.15, 0.2) is 6.10 Å². The maximum absolute atomic E-state index is 12.7. The third kappa shape index (κ3) is 55.4. The molecule has 406 valence electrons. The van der Waals surface area contributed by atoms with Crippen LogP contribution in [0.2, 0.25) is 0 Å². The van der Waals surface area contributed by atoms with Crippen LogP contribution in [0.5, 0.6) is 0 Å². The molecule has 0 aliphatic carbocycles. The standard InChI is InChI=1S/C59H112NO8P/c1-6-8-10-12-14-16-18-20-22-23-24-25-26-27-28-29-30-31-32-33-34-35-36-37-38-40-41-43-45-47-49-51-58(61)65-55-57(56-67-69(63,64)66-54-53-60(3,4)5)68-59(62)52-50-48-46-44-42-39-21-19-17-15-13-11-9-7-2/h13,15,19,21,23-24,57H,6-12,14,16-18,20,22,25-56H2,1-5H3/b15-13-,21-19-,24-23-. The minimum absolute atomic E-state index is 0.0326. The predicted molar refractivity (Wildman–Crippen MR) is 291 cm³/mol. The summed E-state index contributed by atoms with van der Waals surface area (Å²) in [5, 5.41) is 0. The van der Waals surface area contributed by atoms with Crippen LogP contribution in [0.1, 0.15) is 277 Å². The summed E-state index contributed by atoms with van der Waals surface area (Å²) in [6.07, 6.45) is 62.1. The van der Waals surface area contributed by atoms with E-state index in [9.17, 15) is 19.0 Å². The molecule has 0 bridgehead atoms. The third-order valence-electron chi connectivity index (χ3n) is 12.9. The molecule has 0 saturated carbocycles. The lowest BCUT2D eigenvalue weighted by molar-refractivity contribution is -0.870. The summed E-state index contributed by atoms with van der Waals surface area (Å²) < 4.78 is 34.1. The van der Waals surface area contributed by atoms with Gasteiger partial charge in [-0.2, -0.15) is 0 Å². The van der Waals surface area contributed by atoms with Gasteiger partial charge in [0.2, 0.25) is 0 Å². The fraction of sp³-hybridized carbons (Fsp3) is 0.864. The third-order valence-corrected chi connectivity index (χ3v) is 13.8. The Labute approximate surface area is 427 Å². The van der Waals surface area contributed by atoms with Crippen molar-refractivity contribution in [2.75, 3.05) is 47.5 Å². The SMILES string of the molecule is CCCC/C=C\C/C=C\CCCCCCCC(=O)OC(COC(=O)CCCCCCCCCCCCCCCCCCCCC/C=C\CCCCCCCCCC)COP(=O)([O-])OCC[N+](C)(C)C. The highest BCUT2D eigenvalue weighted by Crippen LogP contribution is 2.38. The molecule has 9 nitrogen and oxygen atoms in total. The normalized spacial score (nSPS) is 13.5. The average molecular weight is 995 g/mol. The number of esters is 2. The topological polar surface area (TPSA) is 111 Å². The van der Waals surface area contributed by atoms with Gasteiger partial charge in [-0.25, -0.2) is 0 Å². The Morgan fingerprint density at radius 1 is 0.449 bits per heavy atom. The first kappa shape index (κ1) is 67.2. The molecule has 0 fully saturated rings. The number of quaternary nitrogens is 1. The molecule has 0 N–H and O–H groups in total. The molecule has 0 amide bonds. The minimum Gasteiger partial charge on any atom is -0.756 e. The fourth-order valence-corrected chi connectivity index (χ4v) is 9.04. The molecule has 2 unspecified atom stereocenters. The van der Waals surface area contributed by atoms with E-state index in [-0.39, 0.29) is 32.0 Å². The number of likely N-dealkylation sites (N-methyl/N-ethyl adjacent to an activating group) is 1. The van der Waals surface area contributed by atoms with Crippen LogP contribution in [0, 0.1) is 0 Å². The summed E-state index contributed by atoms with van der Waals surface area (Å²) in [6, 6.07) is 0. The highest BCUT2D eigenvalue weighted by Gasteiger charge is 2.22. The molecular formula is C59H112NO8P. The van der Waals surface area contributed by atoms with Crippen LogP contribution in [-0.4, -0.2) is 70.0 Å². The van der Waals surface area contributed by atoms with Crippen molar-refractivity contribution < 1.29 is 42.1 Å². The van der Waals surface area contributed by atoms with E-state index in [0.29, 0.717) is 17.4 Å². The monoisotopic (exact) mass is 994 g/mol. The second-order valence-electron chi connectivity index (χ2n) is 21.0. The van der Waals surface area contributed by atoms with Gasteiger partial charge < -0.3 is 27.9 Å². The Hall–Kier alpha value is -1.77. The molecule has 2 atom stereocenters. The second kappa shape index (κ2) is 51.1. The summed E-state index contributed by atoms with van der Waals surface area (Å²) in [7, 11) is 1.16. The van der Waals surface area contributed by atoms with Crippen molar-refractivity contribution in [2.45, 2.75) is 283 Å². The quantitative estimate of drug-likeness (QED) is 0.0195. The first-order chi connectivity index (χ1) is 33.5. The maximum atomic E-state index is 12.7. The Bertz CT molecular complexity index is 1260. The van der Waals surface area contributed by atoms with Crippen LogP contribution in [0.25, 0.3) is 0 Å². The lowest BCUT2D eigenvalue weighted by atomic mass is 10.0. The summed E-state index contributed by atoms with van der Waals surface area (Å²) >= 11 is 0. The van der Waals surface area contributed by atoms with Crippen molar-refractivity contribution in [1.29, 1.82) is 0 Å². The zero-order valence-electron chi connectivity index (χ0n) is 46.0. The highest BCUT2D eigenvalue weighted by molar-refractivity contribution is 7.45. The Kier molecular flexibility index (Phi) is 49.8. The number of hydrogen-bond donors (Lipinski definition) is 0. The number of hydrogen-bond acceptors (Lipinski definition) is 8. The largest absolute Gasteiger partial charge is 0.756 e. The van der Waals surface area contributed by atoms with Crippen molar-refractivity contribution in [2.24, 2.45) is 0 Å². The molecule has 0 heterocycles. The van der Waals surface area contributed by atoms with Gasteiger partial charge in [0.25, 0.3) is 7.82 Å². The number of carbonyl (C=O) groups is 2. The first-order valence-electron chi connectivity index (χ1n) is 29.2. The lowest BCUT2D eigenvalue weighted by Gasteiger charge is -2.28. The zero-order chi connectivity index (χ0) is 50.6. The van der Waals surface area contributed by atoms with Crippen molar-refractivity contribution in [3.05, 3.63) is 36.5 Å². The number of phosphoric ester groups is 1. The van der Waals surface area contributed by atoms with Gasteiger partial charge in [0, 0.05) is 12.8 Å². The fourth-order valence-electron chi connectivity index (χ4n) is 8.32. The molecule has 0 saturated heterocycles. The van der Waals surface area contributed by atoms with Gasteiger partial charge in [-0.3, -0.25) is 14.2 Å². The number of rotatable bonds is 54. The van der Waals surface area contributed by atoms with E-state index in [1.807, 2.05) is 21.1 Å². The molecule has 0 radical (unpaired) electrons. The molecule has 69 heavy (non-hydrogen) atoms. The van der Waals surface area contributed by atoms with Crippen molar-refractivity contribution >= 4 is 19.8 Å². The summed E-state index contributed by atoms with van der Waals surface area (Å²) in [5.74, 6) is -0.839. The van der Waals surface area contributed by atoms with E-state index >= 15 is 0 Å². The van der Waals surface area contributed by atoms with Crippen LogP contribution >= 0.6 is 7.82 Å².